The maximum atomic E-state index is 13.0. The van der Waals surface area contributed by atoms with Gasteiger partial charge in [0.25, 0.3) is 0 Å². The van der Waals surface area contributed by atoms with Gasteiger partial charge in [0.2, 0.25) is 0 Å². The predicted octanol–water partition coefficient (Wildman–Crippen LogP) is 6.16. The SMILES string of the molecule is CCc1c2c(c(CC)c(C(=O)OC)c1C(=O)OC)Cc1c(c(CC)c3ccccc3c1CC)C2. The van der Waals surface area contributed by atoms with E-state index in [-0.39, 0.29) is 0 Å². The van der Waals surface area contributed by atoms with E-state index < -0.39 is 11.9 Å². The number of hydrogen-bond donors (Lipinski definition) is 0. The Morgan fingerprint density at radius 2 is 0.941 bits per heavy atom. The minimum atomic E-state index is -0.468. The number of esters is 2. The Hall–Kier alpha value is -3.14. The minimum Gasteiger partial charge on any atom is -0.465 e. The van der Waals surface area contributed by atoms with Gasteiger partial charge in [-0.05, 0) is 93.8 Å². The highest BCUT2D eigenvalue weighted by molar-refractivity contribution is 6.06. The number of carbonyl (C=O) groups excluding carboxylic acids is 2. The van der Waals surface area contributed by atoms with Crippen molar-refractivity contribution >= 4 is 22.7 Å². The molecule has 1 aliphatic rings. The number of carbonyl (C=O) groups is 2. The third kappa shape index (κ3) is 3.51. The Kier molecular flexibility index (Phi) is 6.79. The second-order valence-electron chi connectivity index (χ2n) is 8.87. The first-order valence-electron chi connectivity index (χ1n) is 12.4. The number of rotatable bonds is 6. The predicted molar refractivity (Wildman–Crippen MR) is 136 cm³/mol. The standard InChI is InChI=1S/C30H34O4/c1-7-17-21-13-11-12-14-22(21)18(8-2)24-16-26-20(10-4)28(30(32)34-6)27(29(31)33-5)19(9-3)25(26)15-23(17)24/h11-14H,7-10,15-16H2,1-6H3. The summed E-state index contributed by atoms with van der Waals surface area (Å²) in [5, 5.41) is 2.66. The molecule has 34 heavy (non-hydrogen) atoms. The molecule has 0 radical (unpaired) electrons. The summed E-state index contributed by atoms with van der Waals surface area (Å²) in [6.07, 6.45) is 4.74. The quantitative estimate of drug-likeness (QED) is 0.325. The van der Waals surface area contributed by atoms with E-state index in [1.165, 1.54) is 58.4 Å². The van der Waals surface area contributed by atoms with E-state index in [2.05, 4.69) is 38.1 Å². The van der Waals surface area contributed by atoms with Crippen molar-refractivity contribution in [2.45, 2.75) is 66.2 Å². The van der Waals surface area contributed by atoms with Crippen LogP contribution >= 0.6 is 0 Å². The lowest BCUT2D eigenvalue weighted by molar-refractivity contribution is 0.0553. The average Bonchev–Trinajstić information content (AvgIpc) is 2.88. The van der Waals surface area contributed by atoms with Crippen LogP contribution in [0.15, 0.2) is 24.3 Å². The molecular formula is C30H34O4. The third-order valence-electron chi connectivity index (χ3n) is 7.52. The van der Waals surface area contributed by atoms with Gasteiger partial charge in [0.15, 0.2) is 0 Å². The molecule has 0 aromatic heterocycles. The van der Waals surface area contributed by atoms with Crippen LogP contribution in [0.25, 0.3) is 10.8 Å². The van der Waals surface area contributed by atoms with Gasteiger partial charge in [0.1, 0.15) is 0 Å². The van der Waals surface area contributed by atoms with Gasteiger partial charge in [0, 0.05) is 0 Å². The second-order valence-corrected chi connectivity index (χ2v) is 8.87. The monoisotopic (exact) mass is 458 g/mol. The molecule has 0 saturated carbocycles. The molecule has 4 nitrogen and oxygen atoms in total. The fourth-order valence-corrected chi connectivity index (χ4v) is 6.12. The van der Waals surface area contributed by atoms with Crippen LogP contribution in [0.3, 0.4) is 0 Å². The fraction of sp³-hybridized carbons (Fsp3) is 0.400. The Morgan fingerprint density at radius 3 is 1.24 bits per heavy atom. The lowest BCUT2D eigenvalue weighted by Crippen LogP contribution is -2.24. The van der Waals surface area contributed by atoms with Crippen molar-refractivity contribution in [1.29, 1.82) is 0 Å². The molecule has 4 heteroatoms. The average molecular weight is 459 g/mol. The first kappa shape index (κ1) is 24.0. The van der Waals surface area contributed by atoms with Crippen LogP contribution in [0, 0.1) is 0 Å². The molecule has 4 rings (SSSR count). The van der Waals surface area contributed by atoms with Crippen molar-refractivity contribution in [3.63, 3.8) is 0 Å². The van der Waals surface area contributed by atoms with E-state index in [1.54, 1.807) is 0 Å². The van der Waals surface area contributed by atoms with Crippen molar-refractivity contribution in [2.24, 2.45) is 0 Å². The lowest BCUT2D eigenvalue weighted by Gasteiger charge is -2.32. The van der Waals surface area contributed by atoms with Crippen LogP contribution in [0.1, 0.15) is 92.9 Å². The van der Waals surface area contributed by atoms with E-state index in [0.29, 0.717) is 24.0 Å². The molecule has 0 atom stereocenters. The highest BCUT2D eigenvalue weighted by Crippen LogP contribution is 2.42. The van der Waals surface area contributed by atoms with Gasteiger partial charge in [-0.2, -0.15) is 0 Å². The van der Waals surface area contributed by atoms with Crippen LogP contribution in [0.5, 0.6) is 0 Å². The van der Waals surface area contributed by atoms with E-state index in [1.807, 2.05) is 13.8 Å². The van der Waals surface area contributed by atoms with Gasteiger partial charge >= 0.3 is 11.9 Å². The number of ether oxygens (including phenoxy) is 2. The Bertz CT molecular complexity index is 1200. The van der Waals surface area contributed by atoms with Crippen LogP contribution in [0.2, 0.25) is 0 Å². The van der Waals surface area contributed by atoms with Gasteiger partial charge in [-0.15, -0.1) is 0 Å². The fourth-order valence-electron chi connectivity index (χ4n) is 6.12. The molecular weight excluding hydrogens is 424 g/mol. The van der Waals surface area contributed by atoms with Crippen molar-refractivity contribution in [3.05, 3.63) is 79.9 Å². The van der Waals surface area contributed by atoms with Gasteiger partial charge in [-0.1, -0.05) is 52.0 Å². The van der Waals surface area contributed by atoms with Crippen LogP contribution in [-0.2, 0) is 48.0 Å². The van der Waals surface area contributed by atoms with E-state index in [4.69, 9.17) is 9.47 Å². The van der Waals surface area contributed by atoms with Crippen LogP contribution in [0.4, 0.5) is 0 Å². The maximum absolute atomic E-state index is 13.0. The number of methoxy groups -OCH3 is 2. The smallest absolute Gasteiger partial charge is 0.339 e. The summed E-state index contributed by atoms with van der Waals surface area (Å²) in [4.78, 5) is 26.0. The van der Waals surface area contributed by atoms with Gasteiger partial charge in [-0.3, -0.25) is 0 Å². The topological polar surface area (TPSA) is 52.6 Å². The van der Waals surface area contributed by atoms with Crippen molar-refractivity contribution in [2.75, 3.05) is 14.2 Å². The van der Waals surface area contributed by atoms with Crippen LogP contribution in [-0.4, -0.2) is 26.2 Å². The Morgan fingerprint density at radius 1 is 0.618 bits per heavy atom. The van der Waals surface area contributed by atoms with Crippen LogP contribution < -0.4 is 0 Å². The molecule has 0 spiro atoms. The molecule has 0 unspecified atom stereocenters. The van der Waals surface area contributed by atoms with Gasteiger partial charge in [-0.25, -0.2) is 9.59 Å². The van der Waals surface area contributed by atoms with Gasteiger partial charge < -0.3 is 9.47 Å². The summed E-state index contributed by atoms with van der Waals surface area (Å²) >= 11 is 0. The largest absolute Gasteiger partial charge is 0.465 e. The lowest BCUT2D eigenvalue weighted by atomic mass is 9.72. The second kappa shape index (κ2) is 9.61. The molecule has 0 bridgehead atoms. The minimum absolute atomic E-state index is 0.380. The molecule has 3 aromatic rings. The molecule has 0 fully saturated rings. The van der Waals surface area contributed by atoms with E-state index in [9.17, 15) is 9.59 Å². The summed E-state index contributed by atoms with van der Waals surface area (Å²) in [7, 11) is 2.75. The molecule has 178 valence electrons. The maximum Gasteiger partial charge on any atom is 0.339 e. The zero-order valence-corrected chi connectivity index (χ0v) is 21.2. The molecule has 3 aromatic carbocycles. The number of hydrogen-bond acceptors (Lipinski definition) is 4. The first-order chi connectivity index (χ1) is 16.5. The van der Waals surface area contributed by atoms with Crippen molar-refractivity contribution in [3.8, 4) is 0 Å². The van der Waals surface area contributed by atoms with Crippen molar-refractivity contribution in [1.82, 2.24) is 0 Å². The summed E-state index contributed by atoms with van der Waals surface area (Å²) in [5.41, 5.74) is 10.5. The summed E-state index contributed by atoms with van der Waals surface area (Å²) in [6.45, 7) is 8.54. The molecule has 0 heterocycles. The first-order valence-corrected chi connectivity index (χ1v) is 12.4. The number of aryl methyl sites for hydroxylation is 2. The normalized spacial score (nSPS) is 12.3. The summed E-state index contributed by atoms with van der Waals surface area (Å²) in [5.74, 6) is -0.937. The van der Waals surface area contributed by atoms with Crippen molar-refractivity contribution < 1.29 is 19.1 Å². The van der Waals surface area contributed by atoms with E-state index in [0.717, 1.165) is 36.8 Å². The zero-order chi connectivity index (χ0) is 24.6. The molecule has 0 amide bonds. The number of fused-ring (bicyclic) bond motifs is 3. The Labute approximate surface area is 202 Å². The van der Waals surface area contributed by atoms with E-state index >= 15 is 0 Å². The highest BCUT2D eigenvalue weighted by Gasteiger charge is 2.34. The summed E-state index contributed by atoms with van der Waals surface area (Å²) < 4.78 is 10.3. The Balaban J connectivity index is 2.13. The molecule has 0 N–H and O–H groups in total. The molecule has 1 aliphatic carbocycles. The highest BCUT2D eigenvalue weighted by atomic mass is 16.5. The molecule has 0 saturated heterocycles. The third-order valence-corrected chi connectivity index (χ3v) is 7.52. The molecule has 0 aliphatic heterocycles. The summed E-state index contributed by atoms with van der Waals surface area (Å²) in [6, 6.07) is 8.71. The zero-order valence-electron chi connectivity index (χ0n) is 21.2. The van der Waals surface area contributed by atoms with Gasteiger partial charge in [0.05, 0.1) is 25.3 Å². The number of benzene rings is 3.